The standard InChI is InChI=1S/C14H26N2O/c1-9(2)7-11-12(17-16-13(11)15)8-10(3)14(4,5)6/h9-10H,7-8H2,1-6H3,(H2,15,16). The van der Waals surface area contributed by atoms with E-state index in [0.29, 0.717) is 17.7 Å². The van der Waals surface area contributed by atoms with Gasteiger partial charge in [-0.3, -0.25) is 0 Å². The fourth-order valence-corrected chi connectivity index (χ4v) is 1.73. The molecule has 3 heteroatoms. The van der Waals surface area contributed by atoms with Crippen molar-refractivity contribution in [1.29, 1.82) is 0 Å². The molecule has 1 aromatic heterocycles. The maximum absolute atomic E-state index is 5.87. The largest absolute Gasteiger partial charge is 0.381 e. The van der Waals surface area contributed by atoms with Crippen LogP contribution in [0, 0.1) is 17.3 Å². The van der Waals surface area contributed by atoms with Gasteiger partial charge in [0.25, 0.3) is 0 Å². The minimum Gasteiger partial charge on any atom is -0.381 e. The molecule has 0 radical (unpaired) electrons. The van der Waals surface area contributed by atoms with Crippen LogP contribution in [0.3, 0.4) is 0 Å². The highest BCUT2D eigenvalue weighted by atomic mass is 16.5. The zero-order chi connectivity index (χ0) is 13.2. The van der Waals surface area contributed by atoms with E-state index in [1.807, 2.05) is 0 Å². The molecule has 1 heterocycles. The van der Waals surface area contributed by atoms with Gasteiger partial charge in [-0.1, -0.05) is 46.7 Å². The summed E-state index contributed by atoms with van der Waals surface area (Å²) >= 11 is 0. The van der Waals surface area contributed by atoms with E-state index >= 15 is 0 Å². The zero-order valence-electron chi connectivity index (χ0n) is 12.0. The van der Waals surface area contributed by atoms with Gasteiger partial charge in [0.2, 0.25) is 0 Å². The van der Waals surface area contributed by atoms with Crippen LogP contribution in [0.4, 0.5) is 5.82 Å². The molecular weight excluding hydrogens is 212 g/mol. The van der Waals surface area contributed by atoms with Crippen molar-refractivity contribution < 1.29 is 4.52 Å². The number of aromatic nitrogens is 1. The lowest BCUT2D eigenvalue weighted by Crippen LogP contribution is -2.19. The van der Waals surface area contributed by atoms with E-state index in [2.05, 4.69) is 46.7 Å². The number of hydrogen-bond donors (Lipinski definition) is 1. The molecule has 1 unspecified atom stereocenters. The normalized spacial score (nSPS) is 14.3. The molecular formula is C14H26N2O. The predicted molar refractivity (Wildman–Crippen MR) is 71.8 cm³/mol. The molecule has 1 rings (SSSR count). The third kappa shape index (κ3) is 3.76. The van der Waals surface area contributed by atoms with Crippen molar-refractivity contribution in [2.45, 2.75) is 54.4 Å². The average Bonchev–Trinajstić information content (AvgIpc) is 2.47. The van der Waals surface area contributed by atoms with Gasteiger partial charge < -0.3 is 10.3 Å². The summed E-state index contributed by atoms with van der Waals surface area (Å²) < 4.78 is 5.39. The van der Waals surface area contributed by atoms with E-state index in [-0.39, 0.29) is 5.41 Å². The highest BCUT2D eigenvalue weighted by Crippen LogP contribution is 2.31. The summed E-state index contributed by atoms with van der Waals surface area (Å²) in [7, 11) is 0. The summed E-state index contributed by atoms with van der Waals surface area (Å²) in [5, 5.41) is 3.91. The van der Waals surface area contributed by atoms with Crippen molar-refractivity contribution in [2.75, 3.05) is 5.73 Å². The van der Waals surface area contributed by atoms with Crippen LogP contribution in [0.25, 0.3) is 0 Å². The van der Waals surface area contributed by atoms with Gasteiger partial charge in [-0.2, -0.15) is 0 Å². The number of rotatable bonds is 4. The molecule has 0 aliphatic heterocycles. The monoisotopic (exact) mass is 238 g/mol. The van der Waals surface area contributed by atoms with Crippen molar-refractivity contribution in [3.05, 3.63) is 11.3 Å². The number of nitrogens with zero attached hydrogens (tertiary/aromatic N) is 1. The number of nitrogens with two attached hydrogens (primary N) is 1. The molecule has 2 N–H and O–H groups in total. The molecule has 3 nitrogen and oxygen atoms in total. The SMILES string of the molecule is CC(C)Cc1c(N)noc1CC(C)C(C)(C)C. The Labute approximate surface area is 105 Å². The van der Waals surface area contributed by atoms with Gasteiger partial charge in [-0.25, -0.2) is 0 Å². The van der Waals surface area contributed by atoms with Crippen LogP contribution >= 0.6 is 0 Å². The Bertz CT molecular complexity index is 361. The fraction of sp³-hybridized carbons (Fsp3) is 0.786. The van der Waals surface area contributed by atoms with Crippen molar-refractivity contribution in [3.8, 4) is 0 Å². The summed E-state index contributed by atoms with van der Waals surface area (Å²) in [4.78, 5) is 0. The second-order valence-electron chi connectivity index (χ2n) is 6.54. The van der Waals surface area contributed by atoms with Crippen molar-refractivity contribution >= 4 is 5.82 Å². The maximum atomic E-state index is 5.87. The van der Waals surface area contributed by atoms with Crippen LogP contribution in [0.5, 0.6) is 0 Å². The Morgan fingerprint density at radius 1 is 1.18 bits per heavy atom. The van der Waals surface area contributed by atoms with Crippen LogP contribution in [0.15, 0.2) is 4.52 Å². The Morgan fingerprint density at radius 2 is 1.76 bits per heavy atom. The van der Waals surface area contributed by atoms with Crippen LogP contribution in [-0.4, -0.2) is 5.16 Å². The first-order valence-corrected chi connectivity index (χ1v) is 6.44. The first-order valence-electron chi connectivity index (χ1n) is 6.44. The first-order chi connectivity index (χ1) is 7.71. The lowest BCUT2D eigenvalue weighted by molar-refractivity contribution is 0.238. The molecule has 0 saturated carbocycles. The first kappa shape index (κ1) is 14.1. The smallest absolute Gasteiger partial charge is 0.170 e. The lowest BCUT2D eigenvalue weighted by atomic mass is 9.79. The van der Waals surface area contributed by atoms with Gasteiger partial charge in [0.1, 0.15) is 5.76 Å². The van der Waals surface area contributed by atoms with Crippen LogP contribution < -0.4 is 5.73 Å². The summed E-state index contributed by atoms with van der Waals surface area (Å²) in [5.74, 6) is 2.65. The Kier molecular flexibility index (Phi) is 4.23. The summed E-state index contributed by atoms with van der Waals surface area (Å²) in [5.41, 5.74) is 7.25. The molecule has 0 amide bonds. The summed E-state index contributed by atoms with van der Waals surface area (Å²) in [6, 6.07) is 0. The van der Waals surface area contributed by atoms with Gasteiger partial charge in [0, 0.05) is 12.0 Å². The lowest BCUT2D eigenvalue weighted by Gasteiger charge is -2.26. The topological polar surface area (TPSA) is 52.0 Å². The van der Waals surface area contributed by atoms with E-state index in [1.54, 1.807) is 0 Å². The minimum atomic E-state index is 0.274. The third-order valence-electron chi connectivity index (χ3n) is 3.48. The van der Waals surface area contributed by atoms with E-state index in [1.165, 1.54) is 0 Å². The molecule has 1 atom stereocenters. The summed E-state index contributed by atoms with van der Waals surface area (Å²) in [6.45, 7) is 13.4. The summed E-state index contributed by atoms with van der Waals surface area (Å²) in [6.07, 6.45) is 1.86. The zero-order valence-corrected chi connectivity index (χ0v) is 12.0. The second-order valence-corrected chi connectivity index (χ2v) is 6.54. The molecule has 0 bridgehead atoms. The molecule has 0 aliphatic carbocycles. The quantitative estimate of drug-likeness (QED) is 0.870. The van der Waals surface area contributed by atoms with E-state index in [4.69, 9.17) is 10.3 Å². The molecule has 0 aromatic carbocycles. The van der Waals surface area contributed by atoms with E-state index in [0.717, 1.165) is 24.2 Å². The third-order valence-corrected chi connectivity index (χ3v) is 3.48. The van der Waals surface area contributed by atoms with Gasteiger partial charge in [-0.15, -0.1) is 0 Å². The van der Waals surface area contributed by atoms with E-state index < -0.39 is 0 Å². The van der Waals surface area contributed by atoms with Gasteiger partial charge in [-0.05, 0) is 23.7 Å². The average molecular weight is 238 g/mol. The van der Waals surface area contributed by atoms with Gasteiger partial charge in [0.05, 0.1) is 0 Å². The fourth-order valence-electron chi connectivity index (χ4n) is 1.73. The Balaban J connectivity index is 2.85. The van der Waals surface area contributed by atoms with Crippen LogP contribution in [-0.2, 0) is 12.8 Å². The van der Waals surface area contributed by atoms with Crippen LogP contribution in [0.1, 0.15) is 52.9 Å². The van der Waals surface area contributed by atoms with Crippen molar-refractivity contribution in [3.63, 3.8) is 0 Å². The number of anilines is 1. The van der Waals surface area contributed by atoms with Gasteiger partial charge in [0.15, 0.2) is 5.82 Å². The minimum absolute atomic E-state index is 0.274. The second kappa shape index (κ2) is 5.11. The Hall–Kier alpha value is -0.990. The maximum Gasteiger partial charge on any atom is 0.170 e. The molecule has 17 heavy (non-hydrogen) atoms. The molecule has 1 aromatic rings. The van der Waals surface area contributed by atoms with Crippen molar-refractivity contribution in [2.24, 2.45) is 17.3 Å². The highest BCUT2D eigenvalue weighted by molar-refractivity contribution is 5.40. The highest BCUT2D eigenvalue weighted by Gasteiger charge is 2.24. The van der Waals surface area contributed by atoms with Crippen molar-refractivity contribution in [1.82, 2.24) is 5.16 Å². The van der Waals surface area contributed by atoms with E-state index in [9.17, 15) is 0 Å². The molecule has 98 valence electrons. The van der Waals surface area contributed by atoms with Crippen LogP contribution in [0.2, 0.25) is 0 Å². The predicted octanol–water partition coefficient (Wildman–Crippen LogP) is 3.68. The molecule has 0 saturated heterocycles. The molecule has 0 fully saturated rings. The van der Waals surface area contributed by atoms with Gasteiger partial charge >= 0.3 is 0 Å². The number of nitrogen functional groups attached to an aromatic ring is 1. The Morgan fingerprint density at radius 3 is 2.24 bits per heavy atom. The molecule has 0 spiro atoms. The molecule has 0 aliphatic rings. The number of hydrogen-bond acceptors (Lipinski definition) is 3.